The molecular formula is C14H18BrN3O2. The van der Waals surface area contributed by atoms with E-state index in [0.717, 1.165) is 17.6 Å². The van der Waals surface area contributed by atoms with E-state index in [1.165, 1.54) is 0 Å². The van der Waals surface area contributed by atoms with Crippen LogP contribution in [0.2, 0.25) is 0 Å². The molecule has 2 amide bonds. The summed E-state index contributed by atoms with van der Waals surface area (Å²) in [5.74, 6) is 0.0646. The average molecular weight is 340 g/mol. The summed E-state index contributed by atoms with van der Waals surface area (Å²) < 4.78 is 0.962. The first-order valence-electron chi connectivity index (χ1n) is 6.58. The Kier molecular flexibility index (Phi) is 5.14. The second-order valence-corrected chi connectivity index (χ2v) is 5.66. The minimum absolute atomic E-state index is 0.0117. The molecule has 0 aliphatic carbocycles. The maximum Gasteiger partial charge on any atom is 0.253 e. The van der Waals surface area contributed by atoms with Crippen LogP contribution in [0.4, 0.5) is 0 Å². The zero-order valence-corrected chi connectivity index (χ0v) is 13.0. The molecule has 0 atom stereocenters. The summed E-state index contributed by atoms with van der Waals surface area (Å²) in [6.45, 7) is 3.18. The first kappa shape index (κ1) is 15.0. The van der Waals surface area contributed by atoms with Gasteiger partial charge in [0, 0.05) is 43.3 Å². The molecule has 1 aromatic carbocycles. The van der Waals surface area contributed by atoms with Crippen LogP contribution in [-0.2, 0) is 4.79 Å². The van der Waals surface area contributed by atoms with Gasteiger partial charge in [0.2, 0.25) is 5.91 Å². The van der Waals surface area contributed by atoms with E-state index < -0.39 is 0 Å². The smallest absolute Gasteiger partial charge is 0.253 e. The molecule has 0 bridgehead atoms. The summed E-state index contributed by atoms with van der Waals surface area (Å²) in [6.07, 6.45) is 0. The SMILES string of the molecule is CNC(=O)CN1CCN(C(=O)c2ccc(Br)cc2)CC1. The zero-order valence-electron chi connectivity index (χ0n) is 11.4. The Balaban J connectivity index is 1.88. The molecule has 1 aliphatic heterocycles. The van der Waals surface area contributed by atoms with Gasteiger partial charge in [0.15, 0.2) is 0 Å². The quantitative estimate of drug-likeness (QED) is 0.892. The van der Waals surface area contributed by atoms with Gasteiger partial charge < -0.3 is 10.2 Å². The van der Waals surface area contributed by atoms with Crippen molar-refractivity contribution >= 4 is 27.7 Å². The molecule has 1 aliphatic rings. The van der Waals surface area contributed by atoms with E-state index in [1.54, 1.807) is 7.05 Å². The summed E-state index contributed by atoms with van der Waals surface area (Å²) in [6, 6.07) is 7.39. The number of piperazine rings is 1. The second-order valence-electron chi connectivity index (χ2n) is 4.75. The molecule has 6 heteroatoms. The maximum atomic E-state index is 12.3. The van der Waals surface area contributed by atoms with Crippen molar-refractivity contribution in [2.45, 2.75) is 0 Å². The van der Waals surface area contributed by atoms with E-state index in [1.807, 2.05) is 29.2 Å². The predicted octanol–water partition coefficient (Wildman–Crippen LogP) is 0.953. The molecule has 0 aromatic heterocycles. The highest BCUT2D eigenvalue weighted by molar-refractivity contribution is 9.10. The van der Waals surface area contributed by atoms with Crippen molar-refractivity contribution in [3.8, 4) is 0 Å². The molecule has 1 heterocycles. The third-order valence-corrected chi connectivity index (χ3v) is 3.93. The van der Waals surface area contributed by atoms with Crippen LogP contribution in [0.25, 0.3) is 0 Å². The van der Waals surface area contributed by atoms with Gasteiger partial charge >= 0.3 is 0 Å². The van der Waals surface area contributed by atoms with Crippen LogP contribution in [0.1, 0.15) is 10.4 Å². The first-order valence-corrected chi connectivity index (χ1v) is 7.37. The van der Waals surface area contributed by atoms with E-state index >= 15 is 0 Å². The fraction of sp³-hybridized carbons (Fsp3) is 0.429. The summed E-state index contributed by atoms with van der Waals surface area (Å²) in [5.41, 5.74) is 0.702. The van der Waals surface area contributed by atoms with Crippen molar-refractivity contribution in [1.29, 1.82) is 0 Å². The fourth-order valence-corrected chi connectivity index (χ4v) is 2.43. The Morgan fingerprint density at radius 2 is 1.75 bits per heavy atom. The number of benzene rings is 1. The van der Waals surface area contributed by atoms with E-state index in [4.69, 9.17) is 0 Å². The molecule has 5 nitrogen and oxygen atoms in total. The van der Waals surface area contributed by atoms with Gasteiger partial charge in [-0.1, -0.05) is 15.9 Å². The molecule has 0 spiro atoms. The van der Waals surface area contributed by atoms with Crippen molar-refractivity contribution in [3.05, 3.63) is 34.3 Å². The lowest BCUT2D eigenvalue weighted by Gasteiger charge is -2.34. The summed E-state index contributed by atoms with van der Waals surface area (Å²) >= 11 is 3.36. The van der Waals surface area contributed by atoms with Gasteiger partial charge in [-0.15, -0.1) is 0 Å². The highest BCUT2D eigenvalue weighted by atomic mass is 79.9. The standard InChI is InChI=1S/C14H18BrN3O2/c1-16-13(19)10-17-6-8-18(9-7-17)14(20)11-2-4-12(15)5-3-11/h2-5H,6-10H2,1H3,(H,16,19). The Morgan fingerprint density at radius 3 is 2.30 bits per heavy atom. The summed E-state index contributed by atoms with van der Waals surface area (Å²) in [5, 5.41) is 2.61. The number of likely N-dealkylation sites (N-methyl/N-ethyl adjacent to an activating group) is 1. The molecular weight excluding hydrogens is 322 g/mol. The number of hydrogen-bond donors (Lipinski definition) is 1. The van der Waals surface area contributed by atoms with Crippen molar-refractivity contribution in [3.63, 3.8) is 0 Å². The topological polar surface area (TPSA) is 52.7 Å². The summed E-state index contributed by atoms with van der Waals surface area (Å²) in [4.78, 5) is 27.5. The van der Waals surface area contributed by atoms with Crippen LogP contribution in [0.3, 0.4) is 0 Å². The summed E-state index contributed by atoms with van der Waals surface area (Å²) in [7, 11) is 1.63. The highest BCUT2D eigenvalue weighted by Crippen LogP contribution is 2.13. The number of halogens is 1. The zero-order chi connectivity index (χ0) is 14.5. The number of carbonyl (C=O) groups is 2. The van der Waals surface area contributed by atoms with E-state index in [0.29, 0.717) is 25.2 Å². The van der Waals surface area contributed by atoms with Crippen LogP contribution in [0.15, 0.2) is 28.7 Å². The number of nitrogens with one attached hydrogen (secondary N) is 1. The molecule has 1 saturated heterocycles. The van der Waals surface area contributed by atoms with Gasteiger partial charge in [-0.05, 0) is 24.3 Å². The Hall–Kier alpha value is -1.40. The van der Waals surface area contributed by atoms with Gasteiger partial charge in [-0.3, -0.25) is 14.5 Å². The lowest BCUT2D eigenvalue weighted by Crippen LogP contribution is -2.50. The number of rotatable bonds is 3. The first-order chi connectivity index (χ1) is 9.60. The normalized spacial score (nSPS) is 16.0. The minimum atomic E-state index is 0.0117. The largest absolute Gasteiger partial charge is 0.358 e. The Labute approximate surface area is 127 Å². The van der Waals surface area contributed by atoms with Crippen LogP contribution < -0.4 is 5.32 Å². The van der Waals surface area contributed by atoms with Gasteiger partial charge in [0.05, 0.1) is 6.54 Å². The molecule has 0 radical (unpaired) electrons. The maximum absolute atomic E-state index is 12.3. The van der Waals surface area contributed by atoms with Gasteiger partial charge in [0.25, 0.3) is 5.91 Å². The second kappa shape index (κ2) is 6.85. The van der Waals surface area contributed by atoms with Gasteiger partial charge in [-0.2, -0.15) is 0 Å². The van der Waals surface area contributed by atoms with Crippen LogP contribution in [0.5, 0.6) is 0 Å². The number of hydrogen-bond acceptors (Lipinski definition) is 3. The van der Waals surface area contributed by atoms with E-state index in [-0.39, 0.29) is 11.8 Å². The van der Waals surface area contributed by atoms with E-state index in [2.05, 4.69) is 26.1 Å². The lowest BCUT2D eigenvalue weighted by atomic mass is 10.2. The number of nitrogens with zero attached hydrogens (tertiary/aromatic N) is 2. The fourth-order valence-electron chi connectivity index (χ4n) is 2.17. The molecule has 108 valence electrons. The minimum Gasteiger partial charge on any atom is -0.358 e. The number of carbonyl (C=O) groups excluding carboxylic acids is 2. The van der Waals surface area contributed by atoms with Crippen molar-refractivity contribution in [1.82, 2.24) is 15.1 Å². The van der Waals surface area contributed by atoms with Crippen LogP contribution in [-0.4, -0.2) is 61.4 Å². The highest BCUT2D eigenvalue weighted by Gasteiger charge is 2.22. The van der Waals surface area contributed by atoms with Gasteiger partial charge in [-0.25, -0.2) is 0 Å². The molecule has 1 N–H and O–H groups in total. The molecule has 0 unspecified atom stereocenters. The Morgan fingerprint density at radius 1 is 1.15 bits per heavy atom. The monoisotopic (exact) mass is 339 g/mol. The lowest BCUT2D eigenvalue weighted by molar-refractivity contribution is -0.122. The average Bonchev–Trinajstić information content (AvgIpc) is 2.48. The van der Waals surface area contributed by atoms with Crippen molar-refractivity contribution in [2.75, 3.05) is 39.8 Å². The predicted molar refractivity (Wildman–Crippen MR) is 80.6 cm³/mol. The van der Waals surface area contributed by atoms with Gasteiger partial charge in [0.1, 0.15) is 0 Å². The van der Waals surface area contributed by atoms with E-state index in [9.17, 15) is 9.59 Å². The van der Waals surface area contributed by atoms with Crippen LogP contribution in [0, 0.1) is 0 Å². The number of amides is 2. The third-order valence-electron chi connectivity index (χ3n) is 3.40. The molecule has 2 rings (SSSR count). The Bertz CT molecular complexity index is 482. The van der Waals surface area contributed by atoms with Crippen LogP contribution >= 0.6 is 15.9 Å². The molecule has 20 heavy (non-hydrogen) atoms. The molecule has 1 aromatic rings. The van der Waals surface area contributed by atoms with Crippen molar-refractivity contribution < 1.29 is 9.59 Å². The molecule has 0 saturated carbocycles. The third kappa shape index (κ3) is 3.80. The van der Waals surface area contributed by atoms with Crippen molar-refractivity contribution in [2.24, 2.45) is 0 Å². The molecule has 1 fully saturated rings.